The molecule has 4 aliphatic rings. The zero-order valence-electron chi connectivity index (χ0n) is 53.7. The molecule has 1 radical (unpaired) electrons. The maximum atomic E-state index is 11.1. The van der Waals surface area contributed by atoms with E-state index in [2.05, 4.69) is 9.97 Å². The van der Waals surface area contributed by atoms with E-state index in [1.807, 2.05) is 97.1 Å². The van der Waals surface area contributed by atoms with Crippen LogP contribution in [0.3, 0.4) is 0 Å². The zero-order valence-corrected chi connectivity index (χ0v) is 54.6. The number of hydrogen-bond acceptors (Lipinski definition) is 34. The molecule has 99 heavy (non-hydrogen) atoms. The summed E-state index contributed by atoms with van der Waals surface area (Å²) >= 11 is 0. The summed E-state index contributed by atoms with van der Waals surface area (Å²) in [5.74, 6) is -9.27. The number of aliphatic hydroxyl groups excluding tert-OH is 7. The summed E-state index contributed by atoms with van der Waals surface area (Å²) in [4.78, 5) is 119. The fourth-order valence-electron chi connectivity index (χ4n) is 8.41. The Morgan fingerprint density at radius 2 is 0.677 bits per heavy atom. The fourth-order valence-corrected chi connectivity index (χ4v) is 8.41. The van der Waals surface area contributed by atoms with Gasteiger partial charge in [-0.1, -0.05) is 97.1 Å². The van der Waals surface area contributed by atoms with Crippen LogP contribution in [0.1, 0.15) is 62.3 Å². The summed E-state index contributed by atoms with van der Waals surface area (Å²) in [7, 11) is 0. The first kappa shape index (κ1) is 86.6. The molecule has 8 bridgehead atoms. The third-order valence-electron chi connectivity index (χ3n) is 11.8. The van der Waals surface area contributed by atoms with Gasteiger partial charge in [-0.25, -0.2) is 29.9 Å². The summed E-state index contributed by atoms with van der Waals surface area (Å²) in [5, 5.41) is 143. The minimum Gasteiger partial charge on any atom is -0.550 e. The summed E-state index contributed by atoms with van der Waals surface area (Å²) < 4.78 is 20.6. The second kappa shape index (κ2) is 41.6. The number of aromatic amines is 2. The number of carboxylic acids is 8. The third kappa shape index (κ3) is 27.9. The van der Waals surface area contributed by atoms with Gasteiger partial charge in [-0.2, -0.15) is 0 Å². The number of carbonyl (C=O) groups is 9. The number of carbonyl (C=O) groups excluding carboxylic acids is 9. The van der Waals surface area contributed by atoms with Crippen LogP contribution in [-0.2, 0) is 79.2 Å². The Balaban J connectivity index is 0.000000711. The van der Waals surface area contributed by atoms with E-state index in [0.29, 0.717) is 45.9 Å². The number of rotatable bonds is 6. The Morgan fingerprint density at radius 3 is 0.919 bits per heavy atom. The number of fused-ring (bicyclic) bond motifs is 20. The SMILES string of the molecule is CC(=O)OC[C@@]1(O[C@H]2O[C@H](CO)[C@@H](O)[C@H](O)[C@H]2O)O[C@H](CO)[C@@H](O)[C@@H]1O.CC(=O)[O-].CC(=O)[O-].CC(=O)[O-].CC(=O)[O-].CC(=O)[O-].CC(=O)[O-].CC(=O)[O-].CC(=O)[O-].[Cu+2].c1ccc2c(c1)-c1nc-2nc2[nH]c(nc3nc(nc4[nH]c(n1)c1ccccc41)-c1ccccc1-3)c1ccccc21. The minimum atomic E-state index is -2.23. The molecule has 7 heterocycles. The first-order valence-electron chi connectivity index (χ1n) is 28.2. The number of aliphatic carboxylic acids is 8. The zero-order chi connectivity index (χ0) is 74.5. The van der Waals surface area contributed by atoms with Crippen molar-refractivity contribution in [3.8, 4) is 45.6 Å². The summed E-state index contributed by atoms with van der Waals surface area (Å²) in [6.45, 7) is 6.71. The number of nitrogens with zero attached hydrogens (tertiary/aromatic N) is 6. The predicted molar refractivity (Wildman–Crippen MR) is 320 cm³/mol. The number of aromatic nitrogens is 8. The van der Waals surface area contributed by atoms with Gasteiger partial charge in [0.05, 0.1) is 13.2 Å². The topological polar surface area (TPSA) is 626 Å². The van der Waals surface area contributed by atoms with Gasteiger partial charge in [-0.3, -0.25) is 4.79 Å². The van der Waals surface area contributed by atoms with Gasteiger partial charge in [0.2, 0.25) is 5.79 Å². The number of esters is 1. The van der Waals surface area contributed by atoms with Crippen LogP contribution in [0.5, 0.6) is 0 Å². The Morgan fingerprint density at radius 1 is 0.414 bits per heavy atom. The number of nitrogens with one attached hydrogen (secondary N) is 2. The molecule has 4 aliphatic heterocycles. The molecular weight excluding hydrogens is 1370 g/mol. The summed E-state index contributed by atoms with van der Waals surface area (Å²) in [5.41, 5.74) is 6.45. The van der Waals surface area contributed by atoms with Crippen molar-refractivity contribution in [1.82, 2.24) is 39.9 Å². The normalized spacial score (nSPS) is 19.0. The van der Waals surface area contributed by atoms with E-state index in [1.165, 1.54) is 0 Å². The van der Waals surface area contributed by atoms with Gasteiger partial charge in [0.15, 0.2) is 29.6 Å². The van der Waals surface area contributed by atoms with E-state index < -0.39 is 128 Å². The van der Waals surface area contributed by atoms with Crippen LogP contribution in [0.15, 0.2) is 97.1 Å². The number of ether oxygens (including phenoxy) is 4. The molecule has 539 valence electrons. The van der Waals surface area contributed by atoms with Crippen LogP contribution < -0.4 is 40.9 Å². The number of benzene rings is 4. The molecule has 2 fully saturated rings. The van der Waals surface area contributed by atoms with Gasteiger partial charge < -0.3 is 144 Å². The third-order valence-corrected chi connectivity index (χ3v) is 11.8. The molecule has 7 aromatic rings. The molecule has 9 atom stereocenters. The average molecular weight is 1430 g/mol. The van der Waals surface area contributed by atoms with Crippen molar-refractivity contribution in [3.05, 3.63) is 97.1 Å². The molecule has 37 heteroatoms. The van der Waals surface area contributed by atoms with E-state index in [4.69, 9.17) is 128 Å². The molecule has 0 spiro atoms. The second-order valence-electron chi connectivity index (χ2n) is 19.9. The van der Waals surface area contributed by atoms with Crippen LogP contribution in [0.4, 0.5) is 0 Å². The molecule has 9 N–H and O–H groups in total. The van der Waals surface area contributed by atoms with Crippen LogP contribution >= 0.6 is 0 Å². The second-order valence-corrected chi connectivity index (χ2v) is 19.9. The standard InChI is InChI=1S/C32H18N8.C14H24O12.8C2H4O2.Cu/c1-2-10-18-17(9-1)25-33-26(18)38-28-21-13-5-6-14-22(21)30(35-28)40-32-24-16-8-7-15-23(24)31(36-32)39-29-20-12-4-3-11-19(20)27(34-29)37-25;1-5(17)23-4-14(12(22)9(19)7(3-16)25-14)26-13-11(21)10(20)8(18)6(2-15)24-13;8*1-2(3)4;/h1-16H,(H2,33,34,35,36,37,38,39,40);6-13,15-16,18-22H,2-4H2,1H3;8*1H3,(H,3,4);/q;;;;;;;;;;+2/p-8/t;6-,7-,8-,9-,10+,11-,12+,13-,14+;;;;;;;;;/m.1........./s1. The summed E-state index contributed by atoms with van der Waals surface area (Å²) in [6, 6.07) is 32.2. The van der Waals surface area contributed by atoms with E-state index in [1.54, 1.807) is 0 Å². The molecule has 2 saturated heterocycles. The fraction of sp³-hybridized carbons (Fsp3) is 0.339. The van der Waals surface area contributed by atoms with Crippen molar-refractivity contribution in [2.75, 3.05) is 19.8 Å². The van der Waals surface area contributed by atoms with Crippen LogP contribution in [0.2, 0.25) is 0 Å². The molecule has 0 aliphatic carbocycles. The summed E-state index contributed by atoms with van der Waals surface area (Å²) in [6.07, 6.45) is -12.9. The van der Waals surface area contributed by atoms with E-state index in [9.17, 15) is 40.5 Å². The molecule has 0 unspecified atom stereocenters. The predicted octanol–water partition coefficient (Wildman–Crippen LogP) is -7.91. The van der Waals surface area contributed by atoms with Gasteiger partial charge in [0.25, 0.3) is 0 Å². The number of aliphatic hydroxyl groups is 7. The van der Waals surface area contributed by atoms with Gasteiger partial charge in [-0.15, -0.1) is 0 Å². The van der Waals surface area contributed by atoms with Crippen molar-refractivity contribution < 1.29 is 156 Å². The van der Waals surface area contributed by atoms with Crippen LogP contribution in [-0.4, -0.2) is 204 Å². The largest absolute Gasteiger partial charge is 2.00 e. The van der Waals surface area contributed by atoms with Crippen molar-refractivity contribution in [1.29, 1.82) is 0 Å². The van der Waals surface area contributed by atoms with Crippen LogP contribution in [0.25, 0.3) is 89.7 Å². The molecular formula is C62H66CuN8O28-6. The van der Waals surface area contributed by atoms with Crippen molar-refractivity contribution in [2.24, 2.45) is 0 Å². The molecule has 0 amide bonds. The van der Waals surface area contributed by atoms with Gasteiger partial charge in [0, 0.05) is 98.5 Å². The number of hydrogen-bond donors (Lipinski definition) is 9. The Bertz CT molecular complexity index is 3580. The first-order valence-corrected chi connectivity index (χ1v) is 28.2. The minimum absolute atomic E-state index is 0. The monoisotopic (exact) mass is 1430 g/mol. The first-order chi connectivity index (χ1) is 45.8. The van der Waals surface area contributed by atoms with Crippen molar-refractivity contribution in [3.63, 3.8) is 0 Å². The molecule has 3 aromatic heterocycles. The van der Waals surface area contributed by atoms with Gasteiger partial charge in [-0.05, 0) is 55.4 Å². The molecule has 36 nitrogen and oxygen atoms in total. The number of H-pyrrole nitrogens is 2. The van der Waals surface area contributed by atoms with E-state index in [-0.39, 0.29) is 17.1 Å². The maximum absolute atomic E-state index is 11.1. The Labute approximate surface area is 570 Å². The molecule has 0 saturated carbocycles. The Hall–Kier alpha value is -10.4. The quantitative estimate of drug-likeness (QED) is 0.0551. The Kier molecular flexibility index (Phi) is 36.4. The number of carboxylic acid groups (broad SMARTS) is 8. The molecule has 11 rings (SSSR count). The van der Waals surface area contributed by atoms with Crippen molar-refractivity contribution in [2.45, 2.75) is 117 Å². The molecule has 4 aromatic carbocycles. The van der Waals surface area contributed by atoms with E-state index in [0.717, 1.165) is 106 Å². The van der Waals surface area contributed by atoms with Gasteiger partial charge >= 0.3 is 23.0 Å². The smallest absolute Gasteiger partial charge is 0.550 e. The van der Waals surface area contributed by atoms with E-state index >= 15 is 0 Å². The van der Waals surface area contributed by atoms with Crippen molar-refractivity contribution >= 4 is 97.9 Å². The van der Waals surface area contributed by atoms with Crippen LogP contribution in [0, 0.1) is 0 Å². The maximum Gasteiger partial charge on any atom is 2.00 e. The average Bonchev–Trinajstić information content (AvgIpc) is 1.62. The van der Waals surface area contributed by atoms with Gasteiger partial charge in [0.1, 0.15) is 71.9 Å².